The Morgan fingerprint density at radius 1 is 0.852 bits per heavy atom. The molecule has 2 heterocycles. The Hall–Kier alpha value is -3.73. The van der Waals surface area contributed by atoms with Gasteiger partial charge in [-0.05, 0) is 23.3 Å². The van der Waals surface area contributed by atoms with E-state index in [1.54, 1.807) is 12.4 Å². The van der Waals surface area contributed by atoms with E-state index in [1.807, 2.05) is 72.8 Å². The maximum Gasteiger partial charge on any atom is 0.239 e. The number of carbonyl (C=O) groups is 1. The Balaban J connectivity index is 1.69. The predicted octanol–water partition coefficient (Wildman–Crippen LogP) is 4.58. The average molecular weight is 355 g/mol. The molecule has 0 fully saturated rings. The highest BCUT2D eigenvalue weighted by Crippen LogP contribution is 2.37. The lowest BCUT2D eigenvalue weighted by Gasteiger charge is -2.06. The summed E-state index contributed by atoms with van der Waals surface area (Å²) in [7, 11) is 0. The van der Waals surface area contributed by atoms with Crippen LogP contribution in [0, 0.1) is 0 Å². The van der Waals surface area contributed by atoms with E-state index in [2.05, 4.69) is 15.5 Å². The zero-order valence-electron chi connectivity index (χ0n) is 14.5. The monoisotopic (exact) mass is 355 g/mol. The van der Waals surface area contributed by atoms with Gasteiger partial charge in [0.1, 0.15) is 5.69 Å². The van der Waals surface area contributed by atoms with Crippen molar-refractivity contribution in [2.45, 2.75) is 6.42 Å². The Bertz CT molecular complexity index is 1030. The quantitative estimate of drug-likeness (QED) is 0.569. The lowest BCUT2D eigenvalue weighted by atomic mass is 10.0. The van der Waals surface area contributed by atoms with Crippen LogP contribution >= 0.6 is 0 Å². The number of anilines is 1. The fourth-order valence-electron chi connectivity index (χ4n) is 2.91. The Labute approximate surface area is 156 Å². The van der Waals surface area contributed by atoms with Gasteiger partial charge in [-0.1, -0.05) is 65.8 Å². The molecule has 1 N–H and O–H groups in total. The summed E-state index contributed by atoms with van der Waals surface area (Å²) in [4.78, 5) is 16.6. The molecule has 0 aliphatic carbocycles. The summed E-state index contributed by atoms with van der Waals surface area (Å²) >= 11 is 0. The Morgan fingerprint density at radius 2 is 1.52 bits per heavy atom. The van der Waals surface area contributed by atoms with E-state index >= 15 is 0 Å². The molecule has 0 saturated carbocycles. The van der Waals surface area contributed by atoms with Crippen molar-refractivity contribution in [2.75, 3.05) is 5.32 Å². The highest BCUT2D eigenvalue weighted by Gasteiger charge is 2.21. The second kappa shape index (κ2) is 7.66. The van der Waals surface area contributed by atoms with Crippen LogP contribution in [0.25, 0.3) is 22.4 Å². The molecule has 2 aromatic heterocycles. The SMILES string of the molecule is O=C(Cc1ccccc1)Nc1onc(-c2ccccc2)c1-c1ccncc1. The average Bonchev–Trinajstić information content (AvgIpc) is 3.13. The summed E-state index contributed by atoms with van der Waals surface area (Å²) in [6, 6.07) is 23.0. The minimum Gasteiger partial charge on any atom is -0.337 e. The lowest BCUT2D eigenvalue weighted by Crippen LogP contribution is -2.14. The largest absolute Gasteiger partial charge is 0.337 e. The van der Waals surface area contributed by atoms with Gasteiger partial charge in [0.05, 0.1) is 12.0 Å². The molecule has 5 nitrogen and oxygen atoms in total. The van der Waals surface area contributed by atoms with E-state index < -0.39 is 0 Å². The van der Waals surface area contributed by atoms with E-state index in [9.17, 15) is 4.79 Å². The predicted molar refractivity (Wildman–Crippen MR) is 104 cm³/mol. The third-order valence-corrected chi connectivity index (χ3v) is 4.17. The molecule has 0 radical (unpaired) electrons. The molecule has 0 aliphatic rings. The lowest BCUT2D eigenvalue weighted by molar-refractivity contribution is -0.115. The first kappa shape index (κ1) is 16.7. The van der Waals surface area contributed by atoms with Crippen molar-refractivity contribution in [3.05, 3.63) is 90.8 Å². The molecule has 4 rings (SSSR count). The fraction of sp³-hybridized carbons (Fsp3) is 0.0455. The van der Waals surface area contributed by atoms with Gasteiger partial charge in [-0.2, -0.15) is 0 Å². The molecule has 5 heteroatoms. The number of nitrogens with zero attached hydrogens (tertiary/aromatic N) is 2. The van der Waals surface area contributed by atoms with E-state index in [-0.39, 0.29) is 12.3 Å². The van der Waals surface area contributed by atoms with Crippen molar-refractivity contribution in [3.8, 4) is 22.4 Å². The first-order chi connectivity index (χ1) is 13.3. The van der Waals surface area contributed by atoms with Gasteiger partial charge in [-0.15, -0.1) is 0 Å². The van der Waals surface area contributed by atoms with E-state index in [1.165, 1.54) is 0 Å². The highest BCUT2D eigenvalue weighted by atomic mass is 16.5. The number of benzene rings is 2. The fourth-order valence-corrected chi connectivity index (χ4v) is 2.91. The summed E-state index contributed by atoms with van der Waals surface area (Å²) in [5.74, 6) is 0.174. The van der Waals surface area contributed by atoms with Gasteiger partial charge in [0, 0.05) is 18.0 Å². The molecule has 0 bridgehead atoms. The summed E-state index contributed by atoms with van der Waals surface area (Å²) in [5.41, 5.74) is 4.14. The van der Waals surface area contributed by atoms with Gasteiger partial charge in [0.2, 0.25) is 11.8 Å². The van der Waals surface area contributed by atoms with Gasteiger partial charge in [-0.3, -0.25) is 15.1 Å². The minimum absolute atomic E-state index is 0.160. The van der Waals surface area contributed by atoms with Gasteiger partial charge >= 0.3 is 0 Å². The van der Waals surface area contributed by atoms with Crippen molar-refractivity contribution in [1.82, 2.24) is 10.1 Å². The van der Waals surface area contributed by atoms with Crippen LogP contribution in [0.5, 0.6) is 0 Å². The van der Waals surface area contributed by atoms with Crippen LogP contribution in [-0.4, -0.2) is 16.0 Å². The van der Waals surface area contributed by atoms with E-state index in [4.69, 9.17) is 4.52 Å². The summed E-state index contributed by atoms with van der Waals surface area (Å²) in [5, 5.41) is 7.07. The molecular formula is C22H17N3O2. The standard InChI is InChI=1S/C22H17N3O2/c26-19(15-16-7-3-1-4-8-16)24-22-20(17-11-13-23-14-12-17)21(25-27-22)18-9-5-2-6-10-18/h1-14H,15H2,(H,24,26). The molecule has 0 spiro atoms. The van der Waals surface area contributed by atoms with Crippen LogP contribution in [0.2, 0.25) is 0 Å². The molecule has 4 aromatic rings. The summed E-state index contributed by atoms with van der Waals surface area (Å²) < 4.78 is 5.51. The Morgan fingerprint density at radius 3 is 2.22 bits per heavy atom. The number of carbonyl (C=O) groups excluding carboxylic acids is 1. The number of rotatable bonds is 5. The topological polar surface area (TPSA) is 68.0 Å². The normalized spacial score (nSPS) is 10.5. The van der Waals surface area contributed by atoms with Crippen molar-refractivity contribution >= 4 is 11.8 Å². The number of amides is 1. The smallest absolute Gasteiger partial charge is 0.239 e. The summed E-state index contributed by atoms with van der Waals surface area (Å²) in [6.07, 6.45) is 3.66. The van der Waals surface area contributed by atoms with E-state index in [0.29, 0.717) is 11.6 Å². The number of pyridine rings is 1. The maximum atomic E-state index is 12.5. The van der Waals surface area contributed by atoms with Gasteiger partial charge in [-0.25, -0.2) is 0 Å². The maximum absolute atomic E-state index is 12.5. The zero-order chi connectivity index (χ0) is 18.5. The van der Waals surface area contributed by atoms with Crippen LogP contribution < -0.4 is 5.32 Å². The van der Waals surface area contributed by atoms with Crippen molar-refractivity contribution in [3.63, 3.8) is 0 Å². The molecule has 0 unspecified atom stereocenters. The Kier molecular flexibility index (Phi) is 4.74. The molecule has 0 atom stereocenters. The third-order valence-electron chi connectivity index (χ3n) is 4.17. The zero-order valence-corrected chi connectivity index (χ0v) is 14.5. The van der Waals surface area contributed by atoms with Crippen molar-refractivity contribution < 1.29 is 9.32 Å². The first-order valence-electron chi connectivity index (χ1n) is 8.60. The third kappa shape index (κ3) is 3.77. The molecular weight excluding hydrogens is 338 g/mol. The number of hydrogen-bond donors (Lipinski definition) is 1. The molecule has 2 aromatic carbocycles. The number of nitrogens with one attached hydrogen (secondary N) is 1. The minimum atomic E-state index is -0.160. The number of aromatic nitrogens is 2. The van der Waals surface area contributed by atoms with Crippen LogP contribution in [0.1, 0.15) is 5.56 Å². The van der Waals surface area contributed by atoms with Gasteiger partial charge < -0.3 is 4.52 Å². The second-order valence-electron chi connectivity index (χ2n) is 6.05. The second-order valence-corrected chi connectivity index (χ2v) is 6.05. The molecule has 132 valence electrons. The van der Waals surface area contributed by atoms with Crippen LogP contribution in [-0.2, 0) is 11.2 Å². The van der Waals surface area contributed by atoms with Crippen LogP contribution in [0.15, 0.2) is 89.7 Å². The highest BCUT2D eigenvalue weighted by molar-refractivity contribution is 5.97. The number of hydrogen-bond acceptors (Lipinski definition) is 4. The van der Waals surface area contributed by atoms with Crippen molar-refractivity contribution in [1.29, 1.82) is 0 Å². The van der Waals surface area contributed by atoms with Crippen molar-refractivity contribution in [2.24, 2.45) is 0 Å². The van der Waals surface area contributed by atoms with Gasteiger partial charge in [0.15, 0.2) is 0 Å². The van der Waals surface area contributed by atoms with Gasteiger partial charge in [0.25, 0.3) is 0 Å². The summed E-state index contributed by atoms with van der Waals surface area (Å²) in [6.45, 7) is 0. The first-order valence-corrected chi connectivity index (χ1v) is 8.60. The van der Waals surface area contributed by atoms with Crippen LogP contribution in [0.3, 0.4) is 0 Å². The molecule has 0 saturated heterocycles. The molecule has 0 aliphatic heterocycles. The van der Waals surface area contributed by atoms with Crippen LogP contribution in [0.4, 0.5) is 5.88 Å². The molecule has 1 amide bonds. The van der Waals surface area contributed by atoms with E-state index in [0.717, 1.165) is 22.3 Å². The molecule has 27 heavy (non-hydrogen) atoms.